The van der Waals surface area contributed by atoms with E-state index >= 15 is 0 Å². The van der Waals surface area contributed by atoms with Crippen molar-refractivity contribution in [3.63, 3.8) is 0 Å². The van der Waals surface area contributed by atoms with Crippen LogP contribution >= 0.6 is 0 Å². The highest BCUT2D eigenvalue weighted by Crippen LogP contribution is 2.15. The lowest BCUT2D eigenvalue weighted by Gasteiger charge is -2.18. The molecule has 0 spiro atoms. The lowest BCUT2D eigenvalue weighted by atomic mass is 10.1. The third-order valence-corrected chi connectivity index (χ3v) is 12.7. The van der Waals surface area contributed by atoms with Crippen LogP contribution in [0.25, 0.3) is 0 Å². The van der Waals surface area contributed by atoms with Gasteiger partial charge in [0.15, 0.2) is 6.10 Å². The summed E-state index contributed by atoms with van der Waals surface area (Å²) < 4.78 is 16.8. The molecule has 6 nitrogen and oxygen atoms in total. The van der Waals surface area contributed by atoms with Crippen LogP contribution in [0, 0.1) is 0 Å². The summed E-state index contributed by atoms with van der Waals surface area (Å²) in [6.07, 6.45) is 73.2. The number of hydrogen-bond acceptors (Lipinski definition) is 6. The van der Waals surface area contributed by atoms with Gasteiger partial charge in [-0.2, -0.15) is 0 Å². The number of unbranched alkanes of at least 4 members (excludes halogenated alkanes) is 30. The molecule has 0 fully saturated rings. The van der Waals surface area contributed by atoms with E-state index in [0.29, 0.717) is 19.3 Å². The van der Waals surface area contributed by atoms with Gasteiger partial charge in [-0.3, -0.25) is 14.4 Å². The van der Waals surface area contributed by atoms with Crippen molar-refractivity contribution in [2.24, 2.45) is 0 Å². The minimum absolute atomic E-state index is 0.0901. The standard InChI is InChI=1S/C63H110O6/c1-4-7-10-13-16-19-22-25-27-29-31-33-35-38-41-44-47-50-53-56-62(65)68-59-60(58-67-61(64)55-52-49-46-43-40-37-24-21-18-15-12-9-6-3)69-63(66)57-54-51-48-45-42-39-36-34-32-30-28-26-23-20-17-14-11-8-5-2/h16,19,21,24-28,31,33,38,41,60H,4-15,17-18,20,22-23,29-30,32,34-37,39-40,42-59H2,1-3H3/b19-16-,24-21-,27-25-,28-26-,33-31-,41-38-/t60-/m1/s1. The molecule has 0 bridgehead atoms. The van der Waals surface area contributed by atoms with Gasteiger partial charge in [0.2, 0.25) is 0 Å². The Hall–Kier alpha value is -3.15. The highest BCUT2D eigenvalue weighted by molar-refractivity contribution is 5.71. The molecule has 6 heteroatoms. The second-order valence-corrected chi connectivity index (χ2v) is 19.5. The molecule has 0 aromatic carbocycles. The molecule has 0 aliphatic rings. The second kappa shape index (κ2) is 57.4. The van der Waals surface area contributed by atoms with Crippen LogP contribution in [0.15, 0.2) is 72.9 Å². The van der Waals surface area contributed by atoms with Gasteiger partial charge in [-0.15, -0.1) is 0 Å². The van der Waals surface area contributed by atoms with Crippen molar-refractivity contribution in [2.45, 2.75) is 297 Å². The number of hydrogen-bond donors (Lipinski definition) is 0. The Morgan fingerprint density at radius 2 is 0.522 bits per heavy atom. The molecule has 0 N–H and O–H groups in total. The summed E-state index contributed by atoms with van der Waals surface area (Å²) in [4.78, 5) is 38.2. The molecule has 0 rings (SSSR count). The van der Waals surface area contributed by atoms with Crippen LogP contribution in [-0.2, 0) is 28.6 Å². The summed E-state index contributed by atoms with van der Waals surface area (Å²) in [5.41, 5.74) is 0. The van der Waals surface area contributed by atoms with Crippen molar-refractivity contribution in [1.82, 2.24) is 0 Å². The van der Waals surface area contributed by atoms with Crippen LogP contribution in [0.4, 0.5) is 0 Å². The van der Waals surface area contributed by atoms with Crippen molar-refractivity contribution in [3.05, 3.63) is 72.9 Å². The first-order valence-corrected chi connectivity index (χ1v) is 29.4. The number of rotatable bonds is 53. The zero-order chi connectivity index (χ0) is 50.0. The summed E-state index contributed by atoms with van der Waals surface area (Å²) in [5.74, 6) is -0.923. The monoisotopic (exact) mass is 963 g/mol. The molecule has 0 amide bonds. The number of carbonyl (C=O) groups excluding carboxylic acids is 3. The predicted molar refractivity (Wildman–Crippen MR) is 298 cm³/mol. The Balaban J connectivity index is 4.42. The first-order valence-electron chi connectivity index (χ1n) is 29.4. The van der Waals surface area contributed by atoms with E-state index in [1.54, 1.807) is 0 Å². The van der Waals surface area contributed by atoms with E-state index < -0.39 is 6.10 Å². The molecule has 0 aliphatic carbocycles. The SMILES string of the molecule is CCCCC/C=C\C/C=C\C/C=C\C/C=C\CCCCCC(=O)OC[C@@H](COC(=O)CCCCCCC/C=C\CCCCCC)OC(=O)CCCCCCCCCCC/C=C\CCCCCCCC. The molecule has 0 saturated carbocycles. The molecule has 1 atom stereocenters. The minimum atomic E-state index is -0.793. The van der Waals surface area contributed by atoms with E-state index in [4.69, 9.17) is 14.2 Å². The Morgan fingerprint density at radius 1 is 0.290 bits per heavy atom. The summed E-state index contributed by atoms with van der Waals surface area (Å²) in [7, 11) is 0. The van der Waals surface area contributed by atoms with E-state index in [0.717, 1.165) is 89.9 Å². The molecule has 0 unspecified atom stereocenters. The zero-order valence-corrected chi connectivity index (χ0v) is 45.6. The molecular formula is C63H110O6. The van der Waals surface area contributed by atoms with Crippen molar-refractivity contribution >= 4 is 17.9 Å². The van der Waals surface area contributed by atoms with Crippen molar-refractivity contribution in [3.8, 4) is 0 Å². The Kier molecular flexibility index (Phi) is 54.8. The molecule has 0 aromatic heterocycles. The predicted octanol–water partition coefficient (Wildman–Crippen LogP) is 19.8. The Labute approximate surface area is 427 Å². The third kappa shape index (κ3) is 55.6. The van der Waals surface area contributed by atoms with Gasteiger partial charge in [-0.25, -0.2) is 0 Å². The summed E-state index contributed by atoms with van der Waals surface area (Å²) in [5, 5.41) is 0. The average Bonchev–Trinajstić information content (AvgIpc) is 3.35. The van der Waals surface area contributed by atoms with Crippen LogP contribution in [0.5, 0.6) is 0 Å². The molecule has 0 saturated heterocycles. The van der Waals surface area contributed by atoms with Crippen LogP contribution in [0.3, 0.4) is 0 Å². The summed E-state index contributed by atoms with van der Waals surface area (Å²) in [6.45, 7) is 6.58. The third-order valence-electron chi connectivity index (χ3n) is 12.7. The zero-order valence-electron chi connectivity index (χ0n) is 45.6. The van der Waals surface area contributed by atoms with Crippen molar-refractivity contribution in [1.29, 1.82) is 0 Å². The van der Waals surface area contributed by atoms with Gasteiger partial charge in [0, 0.05) is 19.3 Å². The lowest BCUT2D eigenvalue weighted by Crippen LogP contribution is -2.30. The second-order valence-electron chi connectivity index (χ2n) is 19.5. The summed E-state index contributed by atoms with van der Waals surface area (Å²) >= 11 is 0. The van der Waals surface area contributed by atoms with Crippen LogP contribution in [-0.4, -0.2) is 37.2 Å². The largest absolute Gasteiger partial charge is 0.462 e. The maximum Gasteiger partial charge on any atom is 0.306 e. The average molecular weight is 964 g/mol. The molecule has 0 aliphatic heterocycles. The number of allylic oxidation sites excluding steroid dienone is 12. The fourth-order valence-corrected chi connectivity index (χ4v) is 8.18. The molecule has 0 heterocycles. The first kappa shape index (κ1) is 65.8. The smallest absolute Gasteiger partial charge is 0.306 e. The fourth-order valence-electron chi connectivity index (χ4n) is 8.18. The van der Waals surface area contributed by atoms with E-state index in [9.17, 15) is 14.4 Å². The normalized spacial score (nSPS) is 12.6. The number of esters is 3. The van der Waals surface area contributed by atoms with Crippen molar-refractivity contribution < 1.29 is 28.6 Å². The van der Waals surface area contributed by atoms with Gasteiger partial charge >= 0.3 is 17.9 Å². The first-order chi connectivity index (χ1) is 34.0. The van der Waals surface area contributed by atoms with E-state index in [1.807, 2.05) is 0 Å². The lowest BCUT2D eigenvalue weighted by molar-refractivity contribution is -0.167. The van der Waals surface area contributed by atoms with Gasteiger partial charge in [-0.1, -0.05) is 229 Å². The van der Waals surface area contributed by atoms with Crippen LogP contribution < -0.4 is 0 Å². The maximum atomic E-state index is 12.9. The van der Waals surface area contributed by atoms with Gasteiger partial charge in [0.25, 0.3) is 0 Å². The Morgan fingerprint density at radius 3 is 0.884 bits per heavy atom. The topological polar surface area (TPSA) is 78.9 Å². The molecule has 0 aromatic rings. The van der Waals surface area contributed by atoms with Gasteiger partial charge in [-0.05, 0) is 116 Å². The van der Waals surface area contributed by atoms with Gasteiger partial charge in [0.1, 0.15) is 13.2 Å². The molecular weight excluding hydrogens is 853 g/mol. The molecule has 398 valence electrons. The number of ether oxygens (including phenoxy) is 3. The van der Waals surface area contributed by atoms with E-state index in [1.165, 1.54) is 161 Å². The van der Waals surface area contributed by atoms with Crippen LogP contribution in [0.2, 0.25) is 0 Å². The molecule has 69 heavy (non-hydrogen) atoms. The van der Waals surface area contributed by atoms with Gasteiger partial charge < -0.3 is 14.2 Å². The van der Waals surface area contributed by atoms with E-state index in [2.05, 4.69) is 93.7 Å². The highest BCUT2D eigenvalue weighted by Gasteiger charge is 2.19. The van der Waals surface area contributed by atoms with E-state index in [-0.39, 0.29) is 31.1 Å². The Bertz CT molecular complexity index is 1290. The summed E-state index contributed by atoms with van der Waals surface area (Å²) in [6, 6.07) is 0. The number of carbonyl (C=O) groups is 3. The minimum Gasteiger partial charge on any atom is -0.462 e. The quantitative estimate of drug-likeness (QED) is 0.0262. The van der Waals surface area contributed by atoms with Gasteiger partial charge in [0.05, 0.1) is 0 Å². The van der Waals surface area contributed by atoms with Crippen molar-refractivity contribution in [2.75, 3.05) is 13.2 Å². The highest BCUT2D eigenvalue weighted by atomic mass is 16.6. The maximum absolute atomic E-state index is 12.9. The van der Waals surface area contributed by atoms with Crippen LogP contribution in [0.1, 0.15) is 290 Å². The fraction of sp³-hybridized carbons (Fsp3) is 0.762. The molecule has 0 radical (unpaired) electrons.